The van der Waals surface area contributed by atoms with E-state index in [-0.39, 0.29) is 0 Å². The molecule has 0 saturated heterocycles. The molecule has 0 atom stereocenters. The maximum absolute atomic E-state index is 5.84. The van der Waals surface area contributed by atoms with Crippen molar-refractivity contribution in [2.75, 3.05) is 5.73 Å². The lowest BCUT2D eigenvalue weighted by Gasteiger charge is -2.04. The SMILES string of the molecule is CCCCc1ccc2ccnc(N)c2c1. The highest BCUT2D eigenvalue weighted by Crippen LogP contribution is 2.20. The smallest absolute Gasteiger partial charge is 0.131 e. The second-order valence-electron chi connectivity index (χ2n) is 3.86. The molecule has 2 aromatic rings. The van der Waals surface area contributed by atoms with E-state index in [4.69, 9.17) is 5.73 Å². The standard InChI is InChI=1S/C13H16N2/c1-2-3-4-10-5-6-11-7-8-15-13(14)12(11)9-10/h5-9H,2-4H2,1H3,(H2,14,15). The second kappa shape index (κ2) is 4.30. The Balaban J connectivity index is 2.41. The summed E-state index contributed by atoms with van der Waals surface area (Å²) in [5.41, 5.74) is 7.19. The average molecular weight is 200 g/mol. The monoisotopic (exact) mass is 200 g/mol. The largest absolute Gasteiger partial charge is 0.383 e. The number of unbranched alkanes of at least 4 members (excludes halogenated alkanes) is 1. The van der Waals surface area contributed by atoms with E-state index < -0.39 is 0 Å². The van der Waals surface area contributed by atoms with Gasteiger partial charge in [-0.1, -0.05) is 25.5 Å². The molecule has 0 bridgehead atoms. The lowest BCUT2D eigenvalue weighted by Crippen LogP contribution is -1.92. The van der Waals surface area contributed by atoms with Crippen LogP contribution in [0, 0.1) is 0 Å². The molecule has 2 N–H and O–H groups in total. The zero-order valence-electron chi connectivity index (χ0n) is 9.03. The normalized spacial score (nSPS) is 10.7. The van der Waals surface area contributed by atoms with Gasteiger partial charge in [-0.2, -0.15) is 0 Å². The number of nitrogen functional groups attached to an aromatic ring is 1. The first kappa shape index (κ1) is 9.97. The van der Waals surface area contributed by atoms with Crippen molar-refractivity contribution in [1.29, 1.82) is 0 Å². The Labute approximate surface area is 90.1 Å². The van der Waals surface area contributed by atoms with Crippen LogP contribution in [0.3, 0.4) is 0 Å². The Morgan fingerprint density at radius 2 is 2.13 bits per heavy atom. The molecule has 0 saturated carbocycles. The number of pyridine rings is 1. The Morgan fingerprint density at radius 3 is 2.93 bits per heavy atom. The van der Waals surface area contributed by atoms with Crippen molar-refractivity contribution in [3.63, 3.8) is 0 Å². The summed E-state index contributed by atoms with van der Waals surface area (Å²) in [5, 5.41) is 2.24. The maximum Gasteiger partial charge on any atom is 0.131 e. The van der Waals surface area contributed by atoms with Gasteiger partial charge in [-0.05, 0) is 35.9 Å². The van der Waals surface area contributed by atoms with E-state index in [0.717, 1.165) is 11.8 Å². The maximum atomic E-state index is 5.84. The molecule has 2 heteroatoms. The van der Waals surface area contributed by atoms with Crippen LogP contribution < -0.4 is 5.73 Å². The molecule has 2 rings (SSSR count). The van der Waals surface area contributed by atoms with Gasteiger partial charge < -0.3 is 5.73 Å². The number of hydrogen-bond donors (Lipinski definition) is 1. The van der Waals surface area contributed by atoms with Crippen LogP contribution in [0.15, 0.2) is 30.5 Å². The highest BCUT2D eigenvalue weighted by Gasteiger charge is 2.00. The molecule has 0 aliphatic carbocycles. The van der Waals surface area contributed by atoms with E-state index in [1.165, 1.54) is 23.8 Å². The summed E-state index contributed by atoms with van der Waals surface area (Å²) in [6, 6.07) is 8.46. The zero-order chi connectivity index (χ0) is 10.7. The second-order valence-corrected chi connectivity index (χ2v) is 3.86. The van der Waals surface area contributed by atoms with Gasteiger partial charge in [0, 0.05) is 11.6 Å². The minimum atomic E-state index is 0.630. The first-order valence-electron chi connectivity index (χ1n) is 5.44. The topological polar surface area (TPSA) is 38.9 Å². The van der Waals surface area contributed by atoms with Crippen LogP contribution in [0.1, 0.15) is 25.3 Å². The summed E-state index contributed by atoms with van der Waals surface area (Å²) in [4.78, 5) is 4.11. The molecular formula is C13H16N2. The van der Waals surface area contributed by atoms with Crippen LogP contribution in [-0.4, -0.2) is 4.98 Å². The number of aromatic nitrogens is 1. The quantitative estimate of drug-likeness (QED) is 0.826. The van der Waals surface area contributed by atoms with Gasteiger partial charge in [-0.25, -0.2) is 4.98 Å². The van der Waals surface area contributed by atoms with E-state index in [2.05, 4.69) is 30.1 Å². The van der Waals surface area contributed by atoms with Gasteiger partial charge in [0.05, 0.1) is 0 Å². The molecule has 0 amide bonds. The molecule has 1 aromatic carbocycles. The van der Waals surface area contributed by atoms with Crippen LogP contribution >= 0.6 is 0 Å². The Morgan fingerprint density at radius 1 is 1.27 bits per heavy atom. The molecule has 0 fully saturated rings. The minimum absolute atomic E-state index is 0.630. The molecule has 0 aliphatic rings. The van der Waals surface area contributed by atoms with Crippen LogP contribution in [0.2, 0.25) is 0 Å². The van der Waals surface area contributed by atoms with Crippen molar-refractivity contribution in [3.05, 3.63) is 36.0 Å². The van der Waals surface area contributed by atoms with E-state index in [9.17, 15) is 0 Å². The molecule has 0 unspecified atom stereocenters. The van der Waals surface area contributed by atoms with Gasteiger partial charge >= 0.3 is 0 Å². The van der Waals surface area contributed by atoms with E-state index in [1.807, 2.05) is 6.07 Å². The molecular weight excluding hydrogens is 184 g/mol. The fraction of sp³-hybridized carbons (Fsp3) is 0.308. The summed E-state index contributed by atoms with van der Waals surface area (Å²) >= 11 is 0. The lowest BCUT2D eigenvalue weighted by atomic mass is 10.0. The molecule has 78 valence electrons. The van der Waals surface area contributed by atoms with Crippen LogP contribution in [-0.2, 0) is 6.42 Å². The first-order chi connectivity index (χ1) is 7.31. The highest BCUT2D eigenvalue weighted by molar-refractivity contribution is 5.91. The van der Waals surface area contributed by atoms with Gasteiger partial charge in [0.1, 0.15) is 5.82 Å². The van der Waals surface area contributed by atoms with Crippen molar-refractivity contribution in [2.45, 2.75) is 26.2 Å². The van der Waals surface area contributed by atoms with Gasteiger partial charge in [0.15, 0.2) is 0 Å². The van der Waals surface area contributed by atoms with Crippen LogP contribution in [0.5, 0.6) is 0 Å². The molecule has 1 heterocycles. The molecule has 2 nitrogen and oxygen atoms in total. The molecule has 0 radical (unpaired) electrons. The van der Waals surface area contributed by atoms with Crippen molar-refractivity contribution in [3.8, 4) is 0 Å². The third-order valence-electron chi connectivity index (χ3n) is 2.68. The number of anilines is 1. The third-order valence-corrected chi connectivity index (χ3v) is 2.68. The van der Waals surface area contributed by atoms with Gasteiger partial charge in [-0.15, -0.1) is 0 Å². The Bertz CT molecular complexity index is 463. The third kappa shape index (κ3) is 2.09. The average Bonchev–Trinajstić information content (AvgIpc) is 2.27. The number of hydrogen-bond acceptors (Lipinski definition) is 2. The van der Waals surface area contributed by atoms with Gasteiger partial charge in [-0.3, -0.25) is 0 Å². The molecule has 15 heavy (non-hydrogen) atoms. The van der Waals surface area contributed by atoms with Crippen molar-refractivity contribution < 1.29 is 0 Å². The minimum Gasteiger partial charge on any atom is -0.383 e. The lowest BCUT2D eigenvalue weighted by molar-refractivity contribution is 0.796. The summed E-state index contributed by atoms with van der Waals surface area (Å²) in [6.07, 6.45) is 5.33. The van der Waals surface area contributed by atoms with Crippen molar-refractivity contribution in [2.24, 2.45) is 0 Å². The predicted octanol–water partition coefficient (Wildman–Crippen LogP) is 3.16. The zero-order valence-corrected chi connectivity index (χ0v) is 9.03. The summed E-state index contributed by atoms with van der Waals surface area (Å²) in [7, 11) is 0. The summed E-state index contributed by atoms with van der Waals surface area (Å²) in [6.45, 7) is 2.21. The number of rotatable bonds is 3. The van der Waals surface area contributed by atoms with E-state index in [1.54, 1.807) is 6.20 Å². The number of nitrogens with two attached hydrogens (primary N) is 1. The highest BCUT2D eigenvalue weighted by atomic mass is 14.8. The van der Waals surface area contributed by atoms with Crippen molar-refractivity contribution in [1.82, 2.24) is 4.98 Å². The first-order valence-corrected chi connectivity index (χ1v) is 5.44. The fourth-order valence-corrected chi connectivity index (χ4v) is 1.77. The predicted molar refractivity (Wildman–Crippen MR) is 64.8 cm³/mol. The number of aryl methyl sites for hydroxylation is 1. The Hall–Kier alpha value is -1.57. The van der Waals surface area contributed by atoms with E-state index >= 15 is 0 Å². The van der Waals surface area contributed by atoms with E-state index in [0.29, 0.717) is 5.82 Å². The Kier molecular flexibility index (Phi) is 2.86. The number of benzene rings is 1. The molecule has 0 spiro atoms. The van der Waals surface area contributed by atoms with Crippen molar-refractivity contribution >= 4 is 16.6 Å². The van der Waals surface area contributed by atoms with Crippen LogP contribution in [0.25, 0.3) is 10.8 Å². The number of fused-ring (bicyclic) bond motifs is 1. The summed E-state index contributed by atoms with van der Waals surface area (Å²) in [5.74, 6) is 0.630. The van der Waals surface area contributed by atoms with Gasteiger partial charge in [0.25, 0.3) is 0 Å². The van der Waals surface area contributed by atoms with Gasteiger partial charge in [0.2, 0.25) is 0 Å². The molecule has 1 aromatic heterocycles. The number of nitrogens with zero attached hydrogens (tertiary/aromatic N) is 1. The molecule has 0 aliphatic heterocycles. The summed E-state index contributed by atoms with van der Waals surface area (Å²) < 4.78 is 0. The fourth-order valence-electron chi connectivity index (χ4n) is 1.77. The van der Waals surface area contributed by atoms with Crippen LogP contribution in [0.4, 0.5) is 5.82 Å².